The first-order valence-corrected chi connectivity index (χ1v) is 20.1. The maximum atomic E-state index is 14.0. The highest BCUT2D eigenvalue weighted by molar-refractivity contribution is 9.10. The maximum absolute atomic E-state index is 14.0. The third-order valence-corrected chi connectivity index (χ3v) is 11.7. The Balaban J connectivity index is 0.000000151. The van der Waals surface area contributed by atoms with Gasteiger partial charge in [-0.15, -0.1) is 0 Å². The van der Waals surface area contributed by atoms with Gasteiger partial charge in [-0.3, -0.25) is 14.4 Å². The maximum Gasteiger partial charge on any atom is 0.309 e. The number of rotatable bonds is 8. The Kier molecular flexibility index (Phi) is 12.2. The van der Waals surface area contributed by atoms with E-state index < -0.39 is 6.10 Å². The number of aromatic nitrogens is 2. The minimum Gasteiger partial charge on any atom is -0.470 e. The normalized spacial score (nSPS) is 23.3. The molecular formula is C40H39Br3F2N2O6. The van der Waals surface area contributed by atoms with Crippen LogP contribution in [0.5, 0.6) is 5.88 Å². The number of benzene rings is 2. The highest BCUT2D eigenvalue weighted by Crippen LogP contribution is 2.62. The van der Waals surface area contributed by atoms with Crippen LogP contribution in [-0.4, -0.2) is 35.1 Å². The number of aromatic amines is 1. The second-order valence-electron chi connectivity index (χ2n) is 13.6. The summed E-state index contributed by atoms with van der Waals surface area (Å²) in [7, 11) is 0. The van der Waals surface area contributed by atoms with Crippen LogP contribution in [0.15, 0.2) is 74.7 Å². The second kappa shape index (κ2) is 16.5. The zero-order valence-corrected chi connectivity index (χ0v) is 34.3. The third kappa shape index (κ3) is 8.62. The van der Waals surface area contributed by atoms with Gasteiger partial charge >= 0.3 is 11.9 Å². The summed E-state index contributed by atoms with van der Waals surface area (Å²) in [4.78, 5) is 41.8. The fourth-order valence-corrected chi connectivity index (χ4v) is 8.77. The highest BCUT2D eigenvalue weighted by Gasteiger charge is 2.61. The molecule has 2 aromatic carbocycles. The number of carbonyl (C=O) groups is 2. The van der Waals surface area contributed by atoms with Crippen LogP contribution < -0.4 is 10.3 Å². The summed E-state index contributed by atoms with van der Waals surface area (Å²) in [5, 5.41) is 0. The number of hydrogen-bond donors (Lipinski definition) is 1. The van der Waals surface area contributed by atoms with Crippen LogP contribution in [0.1, 0.15) is 83.8 Å². The minimum absolute atomic E-state index is 0.0225. The molecule has 8 nitrogen and oxygen atoms in total. The van der Waals surface area contributed by atoms with Crippen LogP contribution in [0.2, 0.25) is 0 Å². The molecule has 0 radical (unpaired) electrons. The first kappa shape index (κ1) is 39.3. The predicted molar refractivity (Wildman–Crippen MR) is 206 cm³/mol. The van der Waals surface area contributed by atoms with Crippen molar-refractivity contribution in [1.29, 1.82) is 0 Å². The fourth-order valence-electron chi connectivity index (χ4n) is 7.66. The molecule has 1 N–H and O–H groups in total. The van der Waals surface area contributed by atoms with Crippen molar-refractivity contribution in [2.75, 3.05) is 13.2 Å². The summed E-state index contributed by atoms with van der Waals surface area (Å²) in [6.07, 6.45) is 4.76. The Morgan fingerprint density at radius 3 is 1.91 bits per heavy atom. The standard InChI is InChI=1S/C20H19BrFNO3.C12H13NO3.C8H7Br2F/c1-3-25-20(24)19-14-6-11-7-17(23-9-15(11)18(14)19)26-10(2)13-8-12(21)4-5-16(13)22;1-2-16-12(15)11-7-3-6-4-9(14)13-5-8(6)10(7)11;1-5(9)7-4-6(10)2-3-8(7)11/h4-5,7-10,14,18-19H,3,6H2,1-2H3;4-5,7,10-11H,2-3H2,1H3,(H,13,14);2-5H,1H3/t10?,14-,18-,19+;7-,10-,11+;/m11./s1. The lowest BCUT2D eigenvalue weighted by molar-refractivity contribution is -0.146. The van der Waals surface area contributed by atoms with Crippen LogP contribution in [-0.2, 0) is 31.9 Å². The molecule has 0 spiro atoms. The van der Waals surface area contributed by atoms with Crippen molar-refractivity contribution >= 4 is 59.7 Å². The SMILES string of the molecule is CC(Br)c1cc(Br)ccc1F.CCOC(=O)[C@H]1[C@@H]2Cc3cc(=O)[nH]cc3[C@@H]21.CCOC(=O)[C@H]1[C@@H]2Cc3cc(OC(C)c4cc(Br)ccc4F)ncc3[C@@H]21. The molecule has 280 valence electrons. The molecule has 8 atom stereocenters. The number of pyridine rings is 2. The molecule has 0 amide bonds. The summed E-state index contributed by atoms with van der Waals surface area (Å²) in [5.74, 6) is 1.01. The number of halogens is 5. The van der Waals surface area contributed by atoms with E-state index in [1.807, 2.05) is 26.8 Å². The van der Waals surface area contributed by atoms with Gasteiger partial charge < -0.3 is 19.2 Å². The van der Waals surface area contributed by atoms with Crippen molar-refractivity contribution in [1.82, 2.24) is 9.97 Å². The van der Waals surface area contributed by atoms with Crippen molar-refractivity contribution in [3.05, 3.63) is 125 Å². The Morgan fingerprint density at radius 1 is 0.830 bits per heavy atom. The zero-order chi connectivity index (χ0) is 38.1. The molecule has 4 aromatic rings. The van der Waals surface area contributed by atoms with Crippen molar-refractivity contribution in [2.45, 2.75) is 63.3 Å². The molecule has 2 unspecified atom stereocenters. The van der Waals surface area contributed by atoms with E-state index in [9.17, 15) is 23.2 Å². The molecule has 2 aromatic heterocycles. The van der Waals surface area contributed by atoms with Crippen LogP contribution in [0.25, 0.3) is 0 Å². The zero-order valence-electron chi connectivity index (χ0n) is 29.5. The molecule has 0 bridgehead atoms. The second-order valence-corrected chi connectivity index (χ2v) is 16.8. The molecule has 2 heterocycles. The molecule has 2 fully saturated rings. The molecule has 2 saturated carbocycles. The Labute approximate surface area is 331 Å². The van der Waals surface area contributed by atoms with E-state index in [0.717, 1.165) is 44.0 Å². The van der Waals surface area contributed by atoms with Crippen LogP contribution in [0.3, 0.4) is 0 Å². The molecule has 4 aliphatic carbocycles. The van der Waals surface area contributed by atoms with Gasteiger partial charge in [0, 0.05) is 61.3 Å². The number of nitrogens with one attached hydrogen (secondary N) is 1. The topological polar surface area (TPSA) is 108 Å². The largest absolute Gasteiger partial charge is 0.470 e. The first-order chi connectivity index (χ1) is 25.3. The van der Waals surface area contributed by atoms with Gasteiger partial charge in [0.25, 0.3) is 0 Å². The van der Waals surface area contributed by atoms with Crippen molar-refractivity contribution < 1.29 is 32.6 Å². The molecular weight excluding hydrogens is 882 g/mol. The van der Waals surface area contributed by atoms with Gasteiger partial charge in [0.15, 0.2) is 0 Å². The summed E-state index contributed by atoms with van der Waals surface area (Å²) in [5.41, 5.74) is 5.59. The molecule has 0 aliphatic heterocycles. The first-order valence-electron chi connectivity index (χ1n) is 17.6. The Morgan fingerprint density at radius 2 is 1.36 bits per heavy atom. The lowest BCUT2D eigenvalue weighted by atomic mass is 10.0. The van der Waals surface area contributed by atoms with Crippen LogP contribution in [0, 0.1) is 35.3 Å². The van der Waals surface area contributed by atoms with Gasteiger partial charge in [-0.05, 0) is 111 Å². The van der Waals surface area contributed by atoms with Gasteiger partial charge in [0.2, 0.25) is 11.4 Å². The molecule has 8 rings (SSSR count). The number of ether oxygens (including phenoxy) is 3. The lowest BCUT2D eigenvalue weighted by Gasteiger charge is -2.16. The summed E-state index contributed by atoms with van der Waals surface area (Å²) in [6, 6.07) is 13.3. The smallest absolute Gasteiger partial charge is 0.309 e. The molecule has 13 heteroatoms. The number of hydrogen-bond acceptors (Lipinski definition) is 7. The number of carbonyl (C=O) groups excluding carboxylic acids is 2. The van der Waals surface area contributed by atoms with E-state index in [1.54, 1.807) is 49.6 Å². The van der Waals surface area contributed by atoms with Crippen molar-refractivity contribution in [3.63, 3.8) is 0 Å². The fraction of sp³-hybridized carbons (Fsp3) is 0.400. The van der Waals surface area contributed by atoms with Crippen LogP contribution >= 0.6 is 47.8 Å². The summed E-state index contributed by atoms with van der Waals surface area (Å²) >= 11 is 9.94. The third-order valence-electron chi connectivity index (χ3n) is 10.2. The molecule has 53 heavy (non-hydrogen) atoms. The monoisotopic (exact) mass is 918 g/mol. The van der Waals surface area contributed by atoms with Gasteiger partial charge in [-0.2, -0.15) is 0 Å². The lowest BCUT2D eigenvalue weighted by Crippen LogP contribution is -2.13. The average Bonchev–Trinajstić information content (AvgIpc) is 3.93. The van der Waals surface area contributed by atoms with Gasteiger partial charge in [-0.1, -0.05) is 47.8 Å². The predicted octanol–water partition coefficient (Wildman–Crippen LogP) is 9.44. The number of H-pyrrole nitrogens is 1. The van der Waals surface area contributed by atoms with E-state index >= 15 is 0 Å². The van der Waals surface area contributed by atoms with E-state index in [0.29, 0.717) is 42.1 Å². The Hall–Kier alpha value is -3.42. The van der Waals surface area contributed by atoms with Crippen molar-refractivity contribution in [2.24, 2.45) is 23.7 Å². The van der Waals surface area contributed by atoms with E-state index in [4.69, 9.17) is 14.2 Å². The molecule has 0 saturated heterocycles. The van der Waals surface area contributed by atoms with E-state index in [1.165, 1.54) is 12.1 Å². The van der Waals surface area contributed by atoms with Gasteiger partial charge in [0.1, 0.15) is 17.7 Å². The van der Waals surface area contributed by atoms with E-state index in [2.05, 4.69) is 57.8 Å². The highest BCUT2D eigenvalue weighted by atomic mass is 79.9. The minimum atomic E-state index is -0.457. The molecule has 4 aliphatic rings. The van der Waals surface area contributed by atoms with E-state index in [-0.39, 0.29) is 57.6 Å². The van der Waals surface area contributed by atoms with Gasteiger partial charge in [-0.25, -0.2) is 13.8 Å². The Bertz CT molecular complexity index is 2080. The summed E-state index contributed by atoms with van der Waals surface area (Å²) in [6.45, 7) is 8.19. The number of esters is 2. The summed E-state index contributed by atoms with van der Waals surface area (Å²) < 4.78 is 44.7. The van der Waals surface area contributed by atoms with Crippen molar-refractivity contribution in [3.8, 4) is 5.88 Å². The number of nitrogens with zero attached hydrogens (tertiary/aromatic N) is 1. The van der Waals surface area contributed by atoms with Gasteiger partial charge in [0.05, 0.1) is 25.0 Å². The average molecular weight is 921 g/mol. The quantitative estimate of drug-likeness (QED) is 0.139. The van der Waals surface area contributed by atoms with Crippen LogP contribution in [0.4, 0.5) is 8.78 Å². The number of alkyl halides is 1. The number of fused-ring (bicyclic) bond motifs is 6.